The Morgan fingerprint density at radius 2 is 0.636 bits per heavy atom. The SMILES string of the molecule is N#Cc1cc(-n2c3ccc(-c4ccc5c(c4)c4ccccc4n5-c4ccccc4)cc3c3c4oc5ccccc5c4ccc32)cc(-n2c3ccc(-c4ccc5c(c4)c4ccccc4n5-c4ccccc4)cc3c3c4oc5ccccc5c4ccc32)c1C#N. The summed E-state index contributed by atoms with van der Waals surface area (Å²) in [6.07, 6.45) is 0. The highest BCUT2D eigenvalue weighted by molar-refractivity contribution is 6.26. The van der Waals surface area contributed by atoms with Gasteiger partial charge in [-0.25, -0.2) is 0 Å². The molecule has 0 saturated carbocycles. The average Bonchev–Trinajstić information content (AvgIpc) is 1.90. The van der Waals surface area contributed by atoms with Crippen molar-refractivity contribution in [2.75, 3.05) is 0 Å². The molecular formula is C80H44N6O2. The maximum absolute atomic E-state index is 11.4. The number of nitrogens with zero attached hydrogens (tertiary/aromatic N) is 6. The summed E-state index contributed by atoms with van der Waals surface area (Å²) in [6, 6.07) is 99.0. The summed E-state index contributed by atoms with van der Waals surface area (Å²) in [5, 5.41) is 35.2. The number of furan rings is 2. The van der Waals surface area contributed by atoms with Gasteiger partial charge in [0.15, 0.2) is 0 Å². The predicted molar refractivity (Wildman–Crippen MR) is 359 cm³/mol. The van der Waals surface area contributed by atoms with Gasteiger partial charge in [-0.2, -0.15) is 10.5 Å². The first kappa shape index (κ1) is 48.1. The fourth-order valence-corrected chi connectivity index (χ4v) is 14.6. The number of fused-ring (bicyclic) bond motifs is 20. The molecule has 19 rings (SSSR count). The molecule has 88 heavy (non-hydrogen) atoms. The number of benzene rings is 13. The Morgan fingerprint density at radius 1 is 0.261 bits per heavy atom. The lowest BCUT2D eigenvalue weighted by molar-refractivity contribution is 0.672. The van der Waals surface area contributed by atoms with Gasteiger partial charge in [-0.3, -0.25) is 0 Å². The molecule has 6 heterocycles. The summed E-state index contributed by atoms with van der Waals surface area (Å²) in [5.74, 6) is 0. The Labute approximate surface area is 501 Å². The monoisotopic (exact) mass is 1120 g/mol. The minimum absolute atomic E-state index is 0.258. The van der Waals surface area contributed by atoms with Gasteiger partial charge in [-0.15, -0.1) is 0 Å². The van der Waals surface area contributed by atoms with Crippen LogP contribution in [0.5, 0.6) is 0 Å². The third kappa shape index (κ3) is 6.65. The van der Waals surface area contributed by atoms with Gasteiger partial charge in [0, 0.05) is 70.9 Å². The molecule has 8 heteroatoms. The Hall–Kier alpha value is -12.4. The molecule has 0 amide bonds. The normalized spacial score (nSPS) is 12.1. The topological polar surface area (TPSA) is 93.6 Å². The Morgan fingerprint density at radius 3 is 1.11 bits per heavy atom. The van der Waals surface area contributed by atoms with Crippen LogP contribution in [0.25, 0.3) is 176 Å². The van der Waals surface area contributed by atoms with Crippen LogP contribution in [0.3, 0.4) is 0 Å². The fraction of sp³-hybridized carbons (Fsp3) is 0. The number of aromatic nitrogens is 4. The quantitative estimate of drug-likeness (QED) is 0.166. The van der Waals surface area contributed by atoms with E-state index in [1.165, 1.54) is 16.2 Å². The van der Waals surface area contributed by atoms with Gasteiger partial charge in [0.25, 0.3) is 0 Å². The van der Waals surface area contributed by atoms with E-state index in [9.17, 15) is 10.5 Å². The second-order valence-corrected chi connectivity index (χ2v) is 23.0. The number of para-hydroxylation sites is 6. The van der Waals surface area contributed by atoms with E-state index in [-0.39, 0.29) is 11.1 Å². The molecule has 0 aliphatic rings. The standard InChI is InChI=1S/C80H44N6O2/c81-45-51-39-54(85-70-35-29-49(42-63(70)77-72(85)37-31-59-57-21-9-13-25-75(57)87-79(59)77)47-27-33-68-61(40-47)55-19-7-11-23-66(55)83(68)52-15-3-1-4-16-52)44-74(65(51)46-82)86-71-36-30-50(43-64(71)78-73(86)38-32-60-58-22-10-14-26-76(58)88-80(60)78)48-28-34-69-62(41-48)56-20-8-12-24-67(56)84(69)53-17-5-2-6-18-53/h1-44H. The lowest BCUT2D eigenvalue weighted by Crippen LogP contribution is -2.04. The van der Waals surface area contributed by atoms with Crippen molar-refractivity contribution >= 4 is 131 Å². The Bertz CT molecular complexity index is 6330. The van der Waals surface area contributed by atoms with Crippen LogP contribution in [0.15, 0.2) is 276 Å². The lowest BCUT2D eigenvalue weighted by Gasteiger charge is -2.16. The minimum Gasteiger partial charge on any atom is -0.455 e. The van der Waals surface area contributed by atoms with Gasteiger partial charge in [0.2, 0.25) is 0 Å². The van der Waals surface area contributed by atoms with Crippen molar-refractivity contribution in [1.29, 1.82) is 10.5 Å². The van der Waals surface area contributed by atoms with Gasteiger partial charge < -0.3 is 27.1 Å². The molecule has 0 N–H and O–H groups in total. The van der Waals surface area contributed by atoms with Crippen LogP contribution in [0, 0.1) is 22.7 Å². The first-order valence-corrected chi connectivity index (χ1v) is 29.5. The maximum Gasteiger partial charge on any atom is 0.145 e. The largest absolute Gasteiger partial charge is 0.455 e. The van der Waals surface area contributed by atoms with Gasteiger partial charge in [0.05, 0.1) is 71.7 Å². The maximum atomic E-state index is 11.4. The Balaban J connectivity index is 0.847. The molecule has 0 radical (unpaired) electrons. The number of nitriles is 2. The van der Waals surface area contributed by atoms with Crippen molar-refractivity contribution in [1.82, 2.24) is 18.3 Å². The molecule has 13 aromatic carbocycles. The zero-order chi connectivity index (χ0) is 57.9. The second-order valence-electron chi connectivity index (χ2n) is 23.0. The van der Waals surface area contributed by atoms with Gasteiger partial charge in [-0.1, -0.05) is 133 Å². The van der Waals surface area contributed by atoms with E-state index in [1.807, 2.05) is 36.4 Å². The average molecular weight is 1120 g/mol. The van der Waals surface area contributed by atoms with Crippen molar-refractivity contribution in [2.24, 2.45) is 0 Å². The van der Waals surface area contributed by atoms with Crippen molar-refractivity contribution < 1.29 is 8.83 Å². The third-order valence-electron chi connectivity index (χ3n) is 18.4. The first-order valence-electron chi connectivity index (χ1n) is 29.5. The van der Waals surface area contributed by atoms with Crippen LogP contribution in [-0.2, 0) is 0 Å². The molecule has 406 valence electrons. The smallest absolute Gasteiger partial charge is 0.145 e. The molecule has 0 saturated heterocycles. The number of hydrogen-bond donors (Lipinski definition) is 0. The highest BCUT2D eigenvalue weighted by Crippen LogP contribution is 2.47. The molecule has 0 spiro atoms. The van der Waals surface area contributed by atoms with Crippen molar-refractivity contribution in [3.05, 3.63) is 278 Å². The molecule has 0 bridgehead atoms. The van der Waals surface area contributed by atoms with Gasteiger partial charge in [0.1, 0.15) is 34.5 Å². The van der Waals surface area contributed by atoms with E-state index in [4.69, 9.17) is 8.83 Å². The van der Waals surface area contributed by atoms with Crippen molar-refractivity contribution in [3.63, 3.8) is 0 Å². The zero-order valence-electron chi connectivity index (χ0n) is 46.9. The van der Waals surface area contributed by atoms with E-state index < -0.39 is 0 Å². The second kappa shape index (κ2) is 18.1. The van der Waals surface area contributed by atoms with E-state index in [2.05, 4.69) is 261 Å². The van der Waals surface area contributed by atoms with Crippen LogP contribution >= 0.6 is 0 Å². The molecule has 19 aromatic rings. The fourth-order valence-electron chi connectivity index (χ4n) is 14.6. The zero-order valence-corrected chi connectivity index (χ0v) is 46.9. The molecule has 0 aliphatic carbocycles. The van der Waals surface area contributed by atoms with Crippen LogP contribution in [0.4, 0.5) is 0 Å². The van der Waals surface area contributed by atoms with Crippen LogP contribution in [0.2, 0.25) is 0 Å². The molecule has 0 atom stereocenters. The first-order chi connectivity index (χ1) is 43.6. The van der Waals surface area contributed by atoms with Crippen LogP contribution in [0.1, 0.15) is 11.1 Å². The minimum atomic E-state index is 0.258. The van der Waals surface area contributed by atoms with E-state index in [0.29, 0.717) is 5.69 Å². The summed E-state index contributed by atoms with van der Waals surface area (Å²) in [4.78, 5) is 0. The summed E-state index contributed by atoms with van der Waals surface area (Å²) in [7, 11) is 0. The lowest BCUT2D eigenvalue weighted by atomic mass is 10.00. The van der Waals surface area contributed by atoms with E-state index >= 15 is 0 Å². The molecule has 0 unspecified atom stereocenters. The molecule has 6 aromatic heterocycles. The van der Waals surface area contributed by atoms with E-state index in [1.54, 1.807) is 0 Å². The molecule has 0 fully saturated rings. The van der Waals surface area contributed by atoms with E-state index in [0.717, 1.165) is 154 Å². The summed E-state index contributed by atoms with van der Waals surface area (Å²) < 4.78 is 22.9. The Kier molecular flexibility index (Phi) is 9.87. The van der Waals surface area contributed by atoms with Crippen LogP contribution < -0.4 is 0 Å². The highest BCUT2D eigenvalue weighted by atomic mass is 16.3. The number of rotatable bonds is 6. The molecular weight excluding hydrogens is 1080 g/mol. The summed E-state index contributed by atoms with van der Waals surface area (Å²) in [6.45, 7) is 0. The third-order valence-corrected chi connectivity index (χ3v) is 18.4. The highest BCUT2D eigenvalue weighted by Gasteiger charge is 2.26. The summed E-state index contributed by atoms with van der Waals surface area (Å²) >= 11 is 0. The van der Waals surface area contributed by atoms with Crippen molar-refractivity contribution in [3.8, 4) is 57.1 Å². The van der Waals surface area contributed by atoms with Gasteiger partial charge in [-0.05, 0) is 156 Å². The molecule has 8 nitrogen and oxygen atoms in total. The number of hydrogen-bond acceptors (Lipinski definition) is 4. The van der Waals surface area contributed by atoms with Gasteiger partial charge >= 0.3 is 0 Å². The van der Waals surface area contributed by atoms with Crippen LogP contribution in [-0.4, -0.2) is 18.3 Å². The predicted octanol–water partition coefficient (Wildman–Crippen LogP) is 21.0. The van der Waals surface area contributed by atoms with Crippen molar-refractivity contribution in [2.45, 2.75) is 0 Å². The molecule has 0 aliphatic heterocycles. The summed E-state index contributed by atoms with van der Waals surface area (Å²) in [5.41, 5.74) is 19.5.